The lowest BCUT2D eigenvalue weighted by atomic mass is 10.2. The Morgan fingerprint density at radius 3 is 2.35 bits per heavy atom. The molecule has 0 aliphatic heterocycles. The van der Waals surface area contributed by atoms with E-state index in [1.807, 2.05) is 30.3 Å². The SMILES string of the molecule is Nc1cc(Br)c(OCc2ccccc2)cc1N. The van der Waals surface area contributed by atoms with Gasteiger partial charge in [-0.2, -0.15) is 0 Å². The van der Waals surface area contributed by atoms with Gasteiger partial charge in [0.25, 0.3) is 0 Å². The van der Waals surface area contributed by atoms with E-state index in [9.17, 15) is 0 Å². The Hall–Kier alpha value is -1.68. The summed E-state index contributed by atoms with van der Waals surface area (Å²) in [5, 5.41) is 0. The zero-order valence-corrected chi connectivity index (χ0v) is 10.8. The Labute approximate surface area is 109 Å². The molecule has 4 heteroatoms. The van der Waals surface area contributed by atoms with Crippen LogP contribution in [0.2, 0.25) is 0 Å². The van der Waals surface area contributed by atoms with Crippen molar-refractivity contribution in [1.82, 2.24) is 0 Å². The second-order valence-corrected chi connectivity index (χ2v) is 4.54. The third-order valence-electron chi connectivity index (χ3n) is 2.37. The molecule has 17 heavy (non-hydrogen) atoms. The molecule has 2 aromatic carbocycles. The van der Waals surface area contributed by atoms with Crippen molar-refractivity contribution in [1.29, 1.82) is 0 Å². The van der Waals surface area contributed by atoms with Crippen molar-refractivity contribution in [3.63, 3.8) is 0 Å². The Balaban J connectivity index is 2.12. The molecule has 0 aliphatic rings. The molecule has 0 aliphatic carbocycles. The fourth-order valence-electron chi connectivity index (χ4n) is 1.43. The second kappa shape index (κ2) is 5.10. The molecule has 0 saturated carbocycles. The number of halogens is 1. The molecular weight excluding hydrogens is 280 g/mol. The number of ether oxygens (including phenoxy) is 1. The van der Waals surface area contributed by atoms with E-state index in [-0.39, 0.29) is 0 Å². The van der Waals surface area contributed by atoms with Crippen LogP contribution in [-0.4, -0.2) is 0 Å². The van der Waals surface area contributed by atoms with Gasteiger partial charge >= 0.3 is 0 Å². The fraction of sp³-hybridized carbons (Fsp3) is 0.0769. The summed E-state index contributed by atoms with van der Waals surface area (Å²) in [6.07, 6.45) is 0. The van der Waals surface area contributed by atoms with Crippen molar-refractivity contribution in [3.8, 4) is 5.75 Å². The van der Waals surface area contributed by atoms with E-state index in [0.717, 1.165) is 10.0 Å². The molecule has 0 aromatic heterocycles. The van der Waals surface area contributed by atoms with Crippen molar-refractivity contribution < 1.29 is 4.74 Å². The van der Waals surface area contributed by atoms with Crippen LogP contribution in [0, 0.1) is 0 Å². The molecule has 3 nitrogen and oxygen atoms in total. The van der Waals surface area contributed by atoms with E-state index in [1.54, 1.807) is 12.1 Å². The van der Waals surface area contributed by atoms with Gasteiger partial charge in [-0.15, -0.1) is 0 Å². The monoisotopic (exact) mass is 292 g/mol. The highest BCUT2D eigenvalue weighted by Gasteiger charge is 2.05. The molecule has 88 valence electrons. The number of hydrogen-bond acceptors (Lipinski definition) is 3. The van der Waals surface area contributed by atoms with Crippen molar-refractivity contribution in [2.75, 3.05) is 11.5 Å². The summed E-state index contributed by atoms with van der Waals surface area (Å²) in [6, 6.07) is 13.4. The smallest absolute Gasteiger partial charge is 0.136 e. The normalized spacial score (nSPS) is 10.2. The van der Waals surface area contributed by atoms with Gasteiger partial charge < -0.3 is 16.2 Å². The number of anilines is 2. The van der Waals surface area contributed by atoms with E-state index < -0.39 is 0 Å². The highest BCUT2D eigenvalue weighted by atomic mass is 79.9. The third kappa shape index (κ3) is 2.91. The maximum atomic E-state index is 5.73. The van der Waals surface area contributed by atoms with Gasteiger partial charge in [0.1, 0.15) is 12.4 Å². The molecule has 0 heterocycles. The minimum atomic E-state index is 0.503. The standard InChI is InChI=1S/C13H13BrN2O/c14-10-6-11(15)12(16)7-13(10)17-8-9-4-2-1-3-5-9/h1-7H,8,15-16H2. The Morgan fingerprint density at radius 1 is 1.00 bits per heavy atom. The van der Waals surface area contributed by atoms with Crippen LogP contribution in [0.4, 0.5) is 11.4 Å². The number of rotatable bonds is 3. The van der Waals surface area contributed by atoms with E-state index in [4.69, 9.17) is 16.2 Å². The summed E-state index contributed by atoms with van der Waals surface area (Å²) < 4.78 is 6.48. The van der Waals surface area contributed by atoms with Crippen LogP contribution in [0.3, 0.4) is 0 Å². The van der Waals surface area contributed by atoms with Crippen molar-refractivity contribution in [3.05, 3.63) is 52.5 Å². The van der Waals surface area contributed by atoms with Gasteiger partial charge in [0.2, 0.25) is 0 Å². The van der Waals surface area contributed by atoms with Gasteiger partial charge in [-0.05, 0) is 27.6 Å². The first-order valence-corrected chi connectivity index (χ1v) is 5.97. The highest BCUT2D eigenvalue weighted by Crippen LogP contribution is 2.32. The minimum Gasteiger partial charge on any atom is -0.488 e. The van der Waals surface area contributed by atoms with Gasteiger partial charge in [0.15, 0.2) is 0 Å². The average molecular weight is 293 g/mol. The molecule has 4 N–H and O–H groups in total. The molecule has 0 amide bonds. The lowest BCUT2D eigenvalue weighted by Crippen LogP contribution is -1.99. The second-order valence-electron chi connectivity index (χ2n) is 3.69. The third-order valence-corrected chi connectivity index (χ3v) is 2.99. The highest BCUT2D eigenvalue weighted by molar-refractivity contribution is 9.10. The molecular formula is C13H13BrN2O. The molecule has 2 aromatic rings. The predicted molar refractivity (Wildman–Crippen MR) is 73.7 cm³/mol. The topological polar surface area (TPSA) is 61.3 Å². The summed E-state index contributed by atoms with van der Waals surface area (Å²) in [7, 11) is 0. The first kappa shape index (κ1) is 11.8. The van der Waals surface area contributed by atoms with E-state index >= 15 is 0 Å². The first-order valence-electron chi connectivity index (χ1n) is 5.18. The quantitative estimate of drug-likeness (QED) is 0.854. The van der Waals surface area contributed by atoms with Gasteiger partial charge in [0.05, 0.1) is 15.8 Å². The van der Waals surface area contributed by atoms with Gasteiger partial charge in [-0.1, -0.05) is 30.3 Å². The molecule has 0 atom stereocenters. The van der Waals surface area contributed by atoms with Crippen molar-refractivity contribution >= 4 is 27.3 Å². The summed E-state index contributed by atoms with van der Waals surface area (Å²) >= 11 is 3.39. The minimum absolute atomic E-state index is 0.503. The number of benzene rings is 2. The average Bonchev–Trinajstić information content (AvgIpc) is 2.33. The van der Waals surface area contributed by atoms with Crippen LogP contribution >= 0.6 is 15.9 Å². The number of nitrogens with two attached hydrogens (primary N) is 2. The molecule has 0 radical (unpaired) electrons. The first-order chi connectivity index (χ1) is 8.16. The van der Waals surface area contributed by atoms with Gasteiger partial charge in [0, 0.05) is 6.07 Å². The molecule has 2 rings (SSSR count). The van der Waals surface area contributed by atoms with Crippen LogP contribution in [0.15, 0.2) is 46.9 Å². The van der Waals surface area contributed by atoms with E-state index in [2.05, 4.69) is 15.9 Å². The Bertz CT molecular complexity index is 514. The molecule has 0 saturated heterocycles. The van der Waals surface area contributed by atoms with Crippen molar-refractivity contribution in [2.24, 2.45) is 0 Å². The number of nitrogen functional groups attached to an aromatic ring is 2. The zero-order valence-electron chi connectivity index (χ0n) is 9.19. The Kier molecular flexibility index (Phi) is 3.54. The predicted octanol–water partition coefficient (Wildman–Crippen LogP) is 3.19. The maximum absolute atomic E-state index is 5.73. The van der Waals surface area contributed by atoms with Crippen LogP contribution in [-0.2, 0) is 6.61 Å². The van der Waals surface area contributed by atoms with Crippen LogP contribution in [0.25, 0.3) is 0 Å². The molecule has 0 spiro atoms. The lowest BCUT2D eigenvalue weighted by Gasteiger charge is -2.10. The summed E-state index contributed by atoms with van der Waals surface area (Å²) in [4.78, 5) is 0. The summed E-state index contributed by atoms with van der Waals surface area (Å²) in [6.45, 7) is 0.503. The fourth-order valence-corrected chi connectivity index (χ4v) is 1.91. The lowest BCUT2D eigenvalue weighted by molar-refractivity contribution is 0.304. The van der Waals surface area contributed by atoms with Gasteiger partial charge in [-0.3, -0.25) is 0 Å². The van der Waals surface area contributed by atoms with Crippen LogP contribution in [0.5, 0.6) is 5.75 Å². The molecule has 0 unspecified atom stereocenters. The van der Waals surface area contributed by atoms with E-state index in [0.29, 0.717) is 23.7 Å². The molecule has 0 fully saturated rings. The van der Waals surface area contributed by atoms with Crippen molar-refractivity contribution in [2.45, 2.75) is 6.61 Å². The zero-order chi connectivity index (χ0) is 12.3. The summed E-state index contributed by atoms with van der Waals surface area (Å²) in [5.41, 5.74) is 13.6. The number of hydrogen-bond donors (Lipinski definition) is 2. The van der Waals surface area contributed by atoms with Crippen LogP contribution < -0.4 is 16.2 Å². The van der Waals surface area contributed by atoms with Crippen LogP contribution in [0.1, 0.15) is 5.56 Å². The van der Waals surface area contributed by atoms with Gasteiger partial charge in [-0.25, -0.2) is 0 Å². The largest absolute Gasteiger partial charge is 0.488 e. The maximum Gasteiger partial charge on any atom is 0.136 e. The summed E-state index contributed by atoms with van der Waals surface area (Å²) in [5.74, 6) is 0.695. The van der Waals surface area contributed by atoms with E-state index in [1.165, 1.54) is 0 Å². The molecule has 0 bridgehead atoms. The Morgan fingerprint density at radius 2 is 1.65 bits per heavy atom.